The summed E-state index contributed by atoms with van der Waals surface area (Å²) in [6.45, 7) is 5.43. The number of carbonyl (C=O) groups excluding carboxylic acids is 2. The summed E-state index contributed by atoms with van der Waals surface area (Å²) in [5.74, 6) is 1.08. The van der Waals surface area contributed by atoms with Crippen LogP contribution in [0, 0.1) is 0 Å². The van der Waals surface area contributed by atoms with Crippen LogP contribution >= 0.6 is 0 Å². The molecule has 0 aliphatic carbocycles. The number of hydrogen-bond donors (Lipinski definition) is 0. The van der Waals surface area contributed by atoms with Gasteiger partial charge in [0, 0.05) is 18.1 Å². The third-order valence-corrected chi connectivity index (χ3v) is 4.88. The Kier molecular flexibility index (Phi) is 7.08. The molecule has 7 heteroatoms. The van der Waals surface area contributed by atoms with Gasteiger partial charge in [0.1, 0.15) is 24.0 Å². The molecule has 0 bridgehead atoms. The van der Waals surface area contributed by atoms with Crippen molar-refractivity contribution >= 4 is 12.0 Å². The lowest BCUT2D eigenvalue weighted by Crippen LogP contribution is -2.44. The van der Waals surface area contributed by atoms with E-state index in [1.165, 1.54) is 6.08 Å². The summed E-state index contributed by atoms with van der Waals surface area (Å²) >= 11 is 0. The monoisotopic (exact) mass is 439 g/mol. The standard InChI is InChI=1S/C25H29NO6/c1-25(2,3)32-24(28)26-19(14-17-10-7-6-8-11-17)21(15-22(26)27)31-16-18-12-9-13-20(29-4)23(18)30-5/h6-13,15,19H,14,16H2,1-5H3. The van der Waals surface area contributed by atoms with Crippen molar-refractivity contribution in [3.8, 4) is 11.5 Å². The summed E-state index contributed by atoms with van der Waals surface area (Å²) in [5.41, 5.74) is 0.996. The first-order valence-electron chi connectivity index (χ1n) is 10.4. The lowest BCUT2D eigenvalue weighted by atomic mass is 10.0. The Labute approximate surface area is 188 Å². The van der Waals surface area contributed by atoms with Crippen LogP contribution in [0.25, 0.3) is 0 Å². The Balaban J connectivity index is 1.85. The zero-order chi connectivity index (χ0) is 23.3. The number of nitrogens with zero attached hydrogens (tertiary/aromatic N) is 1. The quantitative estimate of drug-likeness (QED) is 0.633. The molecule has 0 aromatic heterocycles. The number of rotatable bonds is 7. The normalized spacial score (nSPS) is 15.9. The summed E-state index contributed by atoms with van der Waals surface area (Å²) in [5, 5.41) is 0. The number of carbonyl (C=O) groups is 2. The van der Waals surface area contributed by atoms with Crippen LogP contribution in [0.5, 0.6) is 11.5 Å². The van der Waals surface area contributed by atoms with Gasteiger partial charge in [0.25, 0.3) is 5.91 Å². The molecule has 3 rings (SSSR count). The van der Waals surface area contributed by atoms with Crippen molar-refractivity contribution in [3.63, 3.8) is 0 Å². The summed E-state index contributed by atoms with van der Waals surface area (Å²) in [6.07, 6.45) is 1.06. The molecule has 0 saturated carbocycles. The van der Waals surface area contributed by atoms with E-state index < -0.39 is 23.6 Å². The maximum Gasteiger partial charge on any atom is 0.418 e. The Hall–Kier alpha value is -3.48. The predicted octanol–water partition coefficient (Wildman–Crippen LogP) is 4.49. The summed E-state index contributed by atoms with van der Waals surface area (Å²) in [4.78, 5) is 26.7. The number of imide groups is 1. The van der Waals surface area contributed by atoms with E-state index in [1.807, 2.05) is 42.5 Å². The molecule has 2 aromatic rings. The van der Waals surface area contributed by atoms with E-state index in [2.05, 4.69) is 0 Å². The van der Waals surface area contributed by atoms with Crippen LogP contribution < -0.4 is 9.47 Å². The highest BCUT2D eigenvalue weighted by Crippen LogP contribution is 2.33. The van der Waals surface area contributed by atoms with E-state index in [-0.39, 0.29) is 6.61 Å². The second-order valence-electron chi connectivity index (χ2n) is 8.38. The van der Waals surface area contributed by atoms with Gasteiger partial charge in [-0.15, -0.1) is 0 Å². The number of para-hydroxylation sites is 1. The minimum atomic E-state index is -0.730. The molecule has 0 fully saturated rings. The average molecular weight is 440 g/mol. The van der Waals surface area contributed by atoms with Crippen LogP contribution in [0.2, 0.25) is 0 Å². The topological polar surface area (TPSA) is 74.3 Å². The van der Waals surface area contributed by atoms with E-state index in [0.717, 1.165) is 16.0 Å². The van der Waals surface area contributed by atoms with Crippen molar-refractivity contribution in [1.82, 2.24) is 4.90 Å². The van der Waals surface area contributed by atoms with Gasteiger partial charge in [-0.2, -0.15) is 0 Å². The predicted molar refractivity (Wildman–Crippen MR) is 119 cm³/mol. The number of ether oxygens (including phenoxy) is 4. The van der Waals surface area contributed by atoms with Gasteiger partial charge >= 0.3 is 6.09 Å². The van der Waals surface area contributed by atoms with Gasteiger partial charge in [-0.05, 0) is 32.4 Å². The minimum Gasteiger partial charge on any atom is -0.493 e. The number of methoxy groups -OCH3 is 2. The van der Waals surface area contributed by atoms with Gasteiger partial charge < -0.3 is 18.9 Å². The van der Waals surface area contributed by atoms with Crippen molar-refractivity contribution in [1.29, 1.82) is 0 Å². The first kappa shape index (κ1) is 23.2. The fourth-order valence-corrected chi connectivity index (χ4v) is 3.49. The van der Waals surface area contributed by atoms with E-state index in [0.29, 0.717) is 23.7 Å². The molecule has 2 amide bonds. The molecule has 7 nitrogen and oxygen atoms in total. The lowest BCUT2D eigenvalue weighted by molar-refractivity contribution is -0.125. The highest BCUT2D eigenvalue weighted by molar-refractivity contribution is 6.02. The summed E-state index contributed by atoms with van der Waals surface area (Å²) in [7, 11) is 3.12. The molecule has 1 aliphatic heterocycles. The highest BCUT2D eigenvalue weighted by atomic mass is 16.6. The maximum absolute atomic E-state index is 12.8. The molecule has 32 heavy (non-hydrogen) atoms. The van der Waals surface area contributed by atoms with E-state index in [4.69, 9.17) is 18.9 Å². The van der Waals surface area contributed by atoms with Gasteiger partial charge in [0.05, 0.1) is 14.2 Å². The van der Waals surface area contributed by atoms with Gasteiger partial charge in [0.15, 0.2) is 11.5 Å². The molecule has 1 atom stereocenters. The Bertz CT molecular complexity index is 993. The molecule has 0 spiro atoms. The summed E-state index contributed by atoms with van der Waals surface area (Å²) < 4.78 is 22.3. The van der Waals surface area contributed by atoms with Gasteiger partial charge in [-0.25, -0.2) is 9.69 Å². The number of benzene rings is 2. The molecule has 1 unspecified atom stereocenters. The lowest BCUT2D eigenvalue weighted by Gasteiger charge is -2.28. The number of hydrogen-bond acceptors (Lipinski definition) is 6. The van der Waals surface area contributed by atoms with Crippen LogP contribution in [-0.2, 0) is 27.3 Å². The molecule has 170 valence electrons. The van der Waals surface area contributed by atoms with Crippen LogP contribution in [0.1, 0.15) is 31.9 Å². The van der Waals surface area contributed by atoms with Gasteiger partial charge in [-0.3, -0.25) is 4.79 Å². The maximum atomic E-state index is 12.8. The molecular weight excluding hydrogens is 410 g/mol. The SMILES string of the molecule is COc1cccc(COC2=CC(=O)N(C(=O)OC(C)(C)C)C2Cc2ccccc2)c1OC. The molecule has 2 aromatic carbocycles. The first-order valence-corrected chi connectivity index (χ1v) is 10.4. The van der Waals surface area contributed by atoms with Crippen molar-refractivity contribution in [2.24, 2.45) is 0 Å². The van der Waals surface area contributed by atoms with E-state index in [9.17, 15) is 9.59 Å². The largest absolute Gasteiger partial charge is 0.493 e. The Morgan fingerprint density at radius 3 is 2.34 bits per heavy atom. The fourth-order valence-electron chi connectivity index (χ4n) is 3.49. The zero-order valence-electron chi connectivity index (χ0n) is 19.1. The summed E-state index contributed by atoms with van der Waals surface area (Å²) in [6, 6.07) is 14.5. The minimum absolute atomic E-state index is 0.146. The Morgan fingerprint density at radius 2 is 1.72 bits per heavy atom. The van der Waals surface area contributed by atoms with Crippen molar-refractivity contribution < 1.29 is 28.5 Å². The van der Waals surface area contributed by atoms with Gasteiger partial charge in [-0.1, -0.05) is 42.5 Å². The molecule has 0 N–H and O–H groups in total. The average Bonchev–Trinajstić information content (AvgIpc) is 3.06. The van der Waals surface area contributed by atoms with Crippen molar-refractivity contribution in [2.45, 2.75) is 45.4 Å². The van der Waals surface area contributed by atoms with Crippen LogP contribution in [-0.4, -0.2) is 42.8 Å². The van der Waals surface area contributed by atoms with Crippen molar-refractivity contribution in [3.05, 3.63) is 71.5 Å². The molecule has 1 heterocycles. The second kappa shape index (κ2) is 9.77. The van der Waals surface area contributed by atoms with E-state index >= 15 is 0 Å². The fraction of sp³-hybridized carbons (Fsp3) is 0.360. The molecule has 0 saturated heterocycles. The molecule has 0 radical (unpaired) electrons. The van der Waals surface area contributed by atoms with Crippen LogP contribution in [0.3, 0.4) is 0 Å². The third-order valence-electron chi connectivity index (χ3n) is 4.88. The molecular formula is C25H29NO6. The van der Waals surface area contributed by atoms with E-state index in [1.54, 1.807) is 41.1 Å². The third kappa shape index (κ3) is 5.41. The van der Waals surface area contributed by atoms with Crippen LogP contribution in [0.4, 0.5) is 4.79 Å². The smallest absolute Gasteiger partial charge is 0.418 e. The number of amides is 2. The second-order valence-corrected chi connectivity index (χ2v) is 8.38. The molecule has 1 aliphatic rings. The first-order chi connectivity index (χ1) is 15.2. The highest BCUT2D eigenvalue weighted by Gasteiger charge is 2.41. The Morgan fingerprint density at radius 1 is 1.00 bits per heavy atom. The van der Waals surface area contributed by atoms with Gasteiger partial charge in [0.2, 0.25) is 0 Å². The zero-order valence-corrected chi connectivity index (χ0v) is 19.1. The van der Waals surface area contributed by atoms with Crippen molar-refractivity contribution in [2.75, 3.05) is 14.2 Å². The van der Waals surface area contributed by atoms with Crippen LogP contribution in [0.15, 0.2) is 60.4 Å².